The minimum absolute atomic E-state index is 0.250. The van der Waals surface area contributed by atoms with Gasteiger partial charge in [-0.3, -0.25) is 4.90 Å². The van der Waals surface area contributed by atoms with E-state index in [0.29, 0.717) is 17.5 Å². The summed E-state index contributed by atoms with van der Waals surface area (Å²) in [5.74, 6) is 1.04. The highest BCUT2D eigenvalue weighted by Crippen LogP contribution is 2.31. The molecule has 0 amide bonds. The van der Waals surface area contributed by atoms with E-state index in [4.69, 9.17) is 0 Å². The number of hydrogen-bond donors (Lipinski definition) is 0. The molecule has 1 aromatic carbocycles. The van der Waals surface area contributed by atoms with Crippen LogP contribution in [0, 0.1) is 5.92 Å². The van der Waals surface area contributed by atoms with Gasteiger partial charge in [0, 0.05) is 19.1 Å². The van der Waals surface area contributed by atoms with E-state index < -0.39 is 9.84 Å². The first-order valence-electron chi connectivity index (χ1n) is 8.67. The van der Waals surface area contributed by atoms with E-state index in [1.165, 1.54) is 44.9 Å². The molecule has 22 heavy (non-hydrogen) atoms. The van der Waals surface area contributed by atoms with Crippen molar-refractivity contribution < 1.29 is 8.42 Å². The van der Waals surface area contributed by atoms with Crippen LogP contribution >= 0.6 is 0 Å². The molecule has 2 aliphatic carbocycles. The molecule has 3 rings (SSSR count). The number of nitrogens with zero attached hydrogens (tertiary/aromatic N) is 1. The van der Waals surface area contributed by atoms with Crippen molar-refractivity contribution in [2.75, 3.05) is 18.8 Å². The number of rotatable bonds is 7. The molecule has 0 saturated heterocycles. The molecule has 0 radical (unpaired) electrons. The molecular weight excluding hydrogens is 294 g/mol. The second-order valence-electron chi connectivity index (χ2n) is 6.86. The van der Waals surface area contributed by atoms with Gasteiger partial charge in [-0.25, -0.2) is 8.42 Å². The van der Waals surface area contributed by atoms with Gasteiger partial charge in [-0.1, -0.05) is 37.5 Å². The quantitative estimate of drug-likeness (QED) is 0.771. The Hall–Kier alpha value is -0.870. The zero-order chi connectivity index (χ0) is 15.4. The van der Waals surface area contributed by atoms with Gasteiger partial charge in [-0.05, 0) is 43.7 Å². The highest BCUT2D eigenvalue weighted by molar-refractivity contribution is 7.91. The van der Waals surface area contributed by atoms with Crippen LogP contribution in [0.1, 0.15) is 44.9 Å². The predicted molar refractivity (Wildman–Crippen MR) is 89.7 cm³/mol. The largest absolute Gasteiger partial charge is 0.299 e. The lowest BCUT2D eigenvalue weighted by Gasteiger charge is -2.29. The van der Waals surface area contributed by atoms with Crippen LogP contribution in [0.25, 0.3) is 0 Å². The van der Waals surface area contributed by atoms with Gasteiger partial charge in [0.2, 0.25) is 0 Å². The van der Waals surface area contributed by atoms with Gasteiger partial charge in [-0.15, -0.1) is 0 Å². The Labute approximate surface area is 134 Å². The summed E-state index contributed by atoms with van der Waals surface area (Å²) >= 11 is 0. The topological polar surface area (TPSA) is 37.4 Å². The third-order valence-corrected chi connectivity index (χ3v) is 6.74. The van der Waals surface area contributed by atoms with E-state index in [-0.39, 0.29) is 5.75 Å². The summed E-state index contributed by atoms with van der Waals surface area (Å²) in [6.45, 7) is 1.80. The van der Waals surface area contributed by atoms with Crippen LogP contribution in [-0.2, 0) is 9.84 Å². The van der Waals surface area contributed by atoms with Crippen molar-refractivity contribution in [3.8, 4) is 0 Å². The molecule has 0 atom stereocenters. The van der Waals surface area contributed by atoms with Gasteiger partial charge >= 0.3 is 0 Å². The van der Waals surface area contributed by atoms with Gasteiger partial charge in [0.25, 0.3) is 0 Å². The van der Waals surface area contributed by atoms with E-state index in [2.05, 4.69) is 4.90 Å². The molecule has 0 heterocycles. The summed E-state index contributed by atoms with van der Waals surface area (Å²) in [4.78, 5) is 2.92. The van der Waals surface area contributed by atoms with E-state index in [1.807, 2.05) is 6.07 Å². The normalized spacial score (nSPS) is 20.4. The van der Waals surface area contributed by atoms with Crippen molar-refractivity contribution >= 4 is 9.84 Å². The van der Waals surface area contributed by atoms with Crippen LogP contribution in [0.3, 0.4) is 0 Å². The maximum Gasteiger partial charge on any atom is 0.179 e. The Morgan fingerprint density at radius 3 is 2.27 bits per heavy atom. The average molecular weight is 321 g/mol. The minimum atomic E-state index is -3.14. The van der Waals surface area contributed by atoms with Crippen LogP contribution in [0.4, 0.5) is 0 Å². The SMILES string of the molecule is O=S(=O)(CCN(CC1CCCCC1)C1CC1)c1ccccc1. The van der Waals surface area contributed by atoms with Crippen molar-refractivity contribution in [3.63, 3.8) is 0 Å². The Balaban J connectivity index is 1.57. The summed E-state index contributed by atoms with van der Waals surface area (Å²) in [5, 5.41) is 0. The van der Waals surface area contributed by atoms with Crippen molar-refractivity contribution in [2.24, 2.45) is 5.92 Å². The molecular formula is C18H27NO2S. The molecule has 0 aliphatic heterocycles. The first kappa shape index (κ1) is 16.0. The third-order valence-electron chi connectivity index (χ3n) is 5.03. The lowest BCUT2D eigenvalue weighted by Crippen LogP contribution is -2.36. The highest BCUT2D eigenvalue weighted by Gasteiger charge is 2.31. The van der Waals surface area contributed by atoms with E-state index in [1.54, 1.807) is 24.3 Å². The smallest absolute Gasteiger partial charge is 0.179 e. The molecule has 2 saturated carbocycles. The van der Waals surface area contributed by atoms with Crippen molar-refractivity contribution in [3.05, 3.63) is 30.3 Å². The first-order chi connectivity index (χ1) is 10.6. The zero-order valence-corrected chi connectivity index (χ0v) is 14.1. The van der Waals surface area contributed by atoms with Crippen LogP contribution < -0.4 is 0 Å². The lowest BCUT2D eigenvalue weighted by molar-refractivity contribution is 0.201. The standard InChI is InChI=1S/C18H27NO2S/c20-22(21,18-9-5-2-6-10-18)14-13-19(17-11-12-17)15-16-7-3-1-4-8-16/h2,5-6,9-10,16-17H,1,3-4,7-8,11-15H2. The third kappa shape index (κ3) is 4.32. The average Bonchev–Trinajstić information content (AvgIpc) is 3.38. The number of sulfone groups is 1. The summed E-state index contributed by atoms with van der Waals surface area (Å²) in [5.41, 5.74) is 0. The van der Waals surface area contributed by atoms with Crippen molar-refractivity contribution in [2.45, 2.75) is 55.9 Å². The first-order valence-corrected chi connectivity index (χ1v) is 10.3. The van der Waals surface area contributed by atoms with Crippen LogP contribution in [0.15, 0.2) is 35.2 Å². The second-order valence-corrected chi connectivity index (χ2v) is 8.97. The summed E-state index contributed by atoms with van der Waals surface area (Å²) in [6, 6.07) is 9.52. The lowest BCUT2D eigenvalue weighted by atomic mass is 9.89. The Morgan fingerprint density at radius 1 is 0.955 bits per heavy atom. The van der Waals surface area contributed by atoms with Crippen LogP contribution in [0.2, 0.25) is 0 Å². The maximum absolute atomic E-state index is 12.4. The molecule has 2 aliphatic rings. The minimum Gasteiger partial charge on any atom is -0.299 e. The predicted octanol–water partition coefficient (Wildman–Crippen LogP) is 3.51. The Bertz CT molecular complexity index is 560. The highest BCUT2D eigenvalue weighted by atomic mass is 32.2. The second kappa shape index (κ2) is 7.14. The summed E-state index contributed by atoms with van der Waals surface area (Å²) in [6.07, 6.45) is 9.23. The molecule has 1 aromatic rings. The van der Waals surface area contributed by atoms with Gasteiger partial charge in [0.1, 0.15) is 0 Å². The molecule has 0 unspecified atom stereocenters. The zero-order valence-electron chi connectivity index (χ0n) is 13.3. The summed E-state index contributed by atoms with van der Waals surface area (Å²) < 4.78 is 24.9. The molecule has 0 spiro atoms. The fourth-order valence-corrected chi connectivity index (χ4v) is 4.83. The van der Waals surface area contributed by atoms with Gasteiger partial charge in [-0.2, -0.15) is 0 Å². The summed E-state index contributed by atoms with van der Waals surface area (Å²) in [7, 11) is -3.14. The molecule has 0 bridgehead atoms. The molecule has 122 valence electrons. The van der Waals surface area contributed by atoms with E-state index >= 15 is 0 Å². The van der Waals surface area contributed by atoms with Crippen molar-refractivity contribution in [1.82, 2.24) is 4.90 Å². The van der Waals surface area contributed by atoms with E-state index in [9.17, 15) is 8.42 Å². The monoisotopic (exact) mass is 321 g/mol. The Morgan fingerprint density at radius 2 is 1.64 bits per heavy atom. The van der Waals surface area contributed by atoms with Gasteiger partial charge in [0.15, 0.2) is 9.84 Å². The fraction of sp³-hybridized carbons (Fsp3) is 0.667. The van der Waals surface area contributed by atoms with Crippen LogP contribution in [0.5, 0.6) is 0 Å². The number of benzene rings is 1. The molecule has 0 aromatic heterocycles. The van der Waals surface area contributed by atoms with Gasteiger partial charge in [0.05, 0.1) is 10.6 Å². The van der Waals surface area contributed by atoms with Crippen LogP contribution in [-0.4, -0.2) is 38.2 Å². The van der Waals surface area contributed by atoms with Gasteiger partial charge < -0.3 is 0 Å². The maximum atomic E-state index is 12.4. The number of hydrogen-bond acceptors (Lipinski definition) is 3. The fourth-order valence-electron chi connectivity index (χ4n) is 3.55. The van der Waals surface area contributed by atoms with E-state index in [0.717, 1.165) is 12.5 Å². The molecule has 3 nitrogen and oxygen atoms in total. The molecule has 2 fully saturated rings. The molecule has 4 heteroatoms. The van der Waals surface area contributed by atoms with Crippen molar-refractivity contribution in [1.29, 1.82) is 0 Å². The Kier molecular flexibility index (Phi) is 5.19. The molecule has 0 N–H and O–H groups in total.